The van der Waals surface area contributed by atoms with Crippen molar-refractivity contribution in [1.29, 1.82) is 0 Å². The number of rotatable bonds is 4. The molecule has 1 saturated heterocycles. The molecule has 1 fully saturated rings. The molecule has 1 aromatic carbocycles. The number of anilines is 1. The zero-order valence-electron chi connectivity index (χ0n) is 10.8. The summed E-state index contributed by atoms with van der Waals surface area (Å²) in [7, 11) is 0. The number of carbonyl (C=O) groups is 1. The van der Waals surface area contributed by atoms with E-state index in [0.29, 0.717) is 11.3 Å². The van der Waals surface area contributed by atoms with Crippen molar-refractivity contribution in [3.05, 3.63) is 28.2 Å². The molecule has 1 aromatic rings. The van der Waals surface area contributed by atoms with Gasteiger partial charge in [-0.15, -0.1) is 0 Å². The minimum absolute atomic E-state index is 0.000704. The molecule has 1 aliphatic heterocycles. The maximum atomic E-state index is 12.6. The minimum atomic E-state index is -0.000704. The van der Waals surface area contributed by atoms with E-state index in [4.69, 9.17) is 10.8 Å². The molecule has 1 aliphatic rings. The third kappa shape index (κ3) is 3.28. The van der Waals surface area contributed by atoms with Crippen molar-refractivity contribution in [2.45, 2.75) is 31.7 Å². The van der Waals surface area contributed by atoms with Crippen LogP contribution in [-0.4, -0.2) is 35.1 Å². The summed E-state index contributed by atoms with van der Waals surface area (Å²) in [6.07, 6.45) is 3.63. The summed E-state index contributed by atoms with van der Waals surface area (Å²) >= 11 is 3.37. The Labute approximate surface area is 121 Å². The van der Waals surface area contributed by atoms with Gasteiger partial charge in [-0.05, 0) is 43.9 Å². The smallest absolute Gasteiger partial charge is 0.256 e. The van der Waals surface area contributed by atoms with Crippen LogP contribution in [-0.2, 0) is 0 Å². The third-order valence-electron chi connectivity index (χ3n) is 3.58. The number of nitrogens with zero attached hydrogens (tertiary/aromatic N) is 1. The Morgan fingerprint density at radius 2 is 2.32 bits per heavy atom. The number of hydrogen-bond donors (Lipinski definition) is 2. The van der Waals surface area contributed by atoms with Crippen molar-refractivity contribution < 1.29 is 9.90 Å². The quantitative estimate of drug-likeness (QED) is 0.835. The highest BCUT2D eigenvalue weighted by molar-refractivity contribution is 9.10. The van der Waals surface area contributed by atoms with E-state index >= 15 is 0 Å². The Kier molecular flexibility index (Phi) is 4.82. The highest BCUT2D eigenvalue weighted by atomic mass is 79.9. The molecule has 1 unspecified atom stereocenters. The number of amides is 1. The minimum Gasteiger partial charge on any atom is -0.398 e. The molecule has 1 heterocycles. The predicted molar refractivity (Wildman–Crippen MR) is 78.9 cm³/mol. The normalized spacial score (nSPS) is 18.8. The summed E-state index contributed by atoms with van der Waals surface area (Å²) in [5.74, 6) is -0.000704. The Bertz CT molecular complexity index is 465. The van der Waals surface area contributed by atoms with E-state index in [9.17, 15) is 4.79 Å². The lowest BCUT2D eigenvalue weighted by molar-refractivity contribution is 0.0725. The second-order valence-corrected chi connectivity index (χ2v) is 5.81. The first kappa shape index (κ1) is 14.3. The molecule has 0 aromatic heterocycles. The first-order valence-electron chi connectivity index (χ1n) is 6.60. The van der Waals surface area contributed by atoms with Gasteiger partial charge in [0, 0.05) is 29.4 Å². The van der Waals surface area contributed by atoms with E-state index in [1.54, 1.807) is 12.1 Å². The Hall–Kier alpha value is -1.07. The molecule has 3 N–H and O–H groups in total. The lowest BCUT2D eigenvalue weighted by Gasteiger charge is -2.25. The van der Waals surface area contributed by atoms with Crippen LogP contribution >= 0.6 is 15.9 Å². The van der Waals surface area contributed by atoms with Gasteiger partial charge in [0.25, 0.3) is 5.91 Å². The molecule has 0 saturated carbocycles. The molecule has 0 bridgehead atoms. The van der Waals surface area contributed by atoms with Gasteiger partial charge in [0.05, 0.1) is 5.56 Å². The number of halogens is 1. The maximum Gasteiger partial charge on any atom is 0.256 e. The standard InChI is InChI=1S/C14H19BrN2O2/c15-10-5-6-13(16)12(9-10)14(19)17-7-1-3-11(17)4-2-8-18/h5-6,9,11,18H,1-4,7-8,16H2. The zero-order chi connectivity index (χ0) is 13.8. The van der Waals surface area contributed by atoms with E-state index in [2.05, 4.69) is 15.9 Å². The number of hydrogen-bond acceptors (Lipinski definition) is 3. The maximum absolute atomic E-state index is 12.6. The number of nitrogens with two attached hydrogens (primary N) is 1. The fourth-order valence-electron chi connectivity index (χ4n) is 2.60. The number of aliphatic hydroxyl groups excluding tert-OH is 1. The van der Waals surface area contributed by atoms with Gasteiger partial charge in [0.15, 0.2) is 0 Å². The van der Waals surface area contributed by atoms with Crippen molar-refractivity contribution >= 4 is 27.5 Å². The van der Waals surface area contributed by atoms with Crippen LogP contribution < -0.4 is 5.73 Å². The summed E-state index contributed by atoms with van der Waals surface area (Å²) in [5, 5.41) is 8.92. The predicted octanol–water partition coefficient (Wildman–Crippen LogP) is 2.41. The van der Waals surface area contributed by atoms with Gasteiger partial charge in [-0.3, -0.25) is 4.79 Å². The molecule has 5 heteroatoms. The van der Waals surface area contributed by atoms with Gasteiger partial charge >= 0.3 is 0 Å². The molecule has 0 spiro atoms. The average molecular weight is 327 g/mol. The second-order valence-electron chi connectivity index (χ2n) is 4.89. The van der Waals surface area contributed by atoms with Gasteiger partial charge in [-0.1, -0.05) is 15.9 Å². The molecular formula is C14H19BrN2O2. The van der Waals surface area contributed by atoms with Crippen LogP contribution in [0, 0.1) is 0 Å². The highest BCUT2D eigenvalue weighted by Gasteiger charge is 2.29. The number of benzene rings is 1. The van der Waals surface area contributed by atoms with Gasteiger partial charge in [-0.2, -0.15) is 0 Å². The monoisotopic (exact) mass is 326 g/mol. The van der Waals surface area contributed by atoms with Crippen LogP contribution in [0.3, 0.4) is 0 Å². The zero-order valence-corrected chi connectivity index (χ0v) is 12.4. The molecule has 104 valence electrons. The van der Waals surface area contributed by atoms with Crippen molar-refractivity contribution in [3.8, 4) is 0 Å². The van der Waals surface area contributed by atoms with Gasteiger partial charge in [-0.25, -0.2) is 0 Å². The van der Waals surface area contributed by atoms with E-state index < -0.39 is 0 Å². The summed E-state index contributed by atoms with van der Waals surface area (Å²) in [6.45, 7) is 0.957. The average Bonchev–Trinajstić information content (AvgIpc) is 2.86. The van der Waals surface area contributed by atoms with E-state index in [1.165, 1.54) is 0 Å². The summed E-state index contributed by atoms with van der Waals surface area (Å²) in [4.78, 5) is 14.5. The van der Waals surface area contributed by atoms with Crippen molar-refractivity contribution in [3.63, 3.8) is 0 Å². The molecule has 1 atom stereocenters. The summed E-state index contributed by atoms with van der Waals surface area (Å²) < 4.78 is 0.858. The van der Waals surface area contributed by atoms with Crippen molar-refractivity contribution in [2.75, 3.05) is 18.9 Å². The van der Waals surface area contributed by atoms with Crippen LogP contribution in [0.2, 0.25) is 0 Å². The van der Waals surface area contributed by atoms with E-state index in [0.717, 1.165) is 36.7 Å². The highest BCUT2D eigenvalue weighted by Crippen LogP contribution is 2.26. The first-order valence-corrected chi connectivity index (χ1v) is 7.39. The Morgan fingerprint density at radius 1 is 1.53 bits per heavy atom. The van der Waals surface area contributed by atoms with Crippen molar-refractivity contribution in [2.24, 2.45) is 0 Å². The molecule has 0 radical (unpaired) electrons. The van der Waals surface area contributed by atoms with Crippen LogP contribution in [0.25, 0.3) is 0 Å². The SMILES string of the molecule is Nc1ccc(Br)cc1C(=O)N1CCCC1CCCO. The van der Waals surface area contributed by atoms with E-state index in [1.807, 2.05) is 11.0 Å². The Morgan fingerprint density at radius 3 is 3.05 bits per heavy atom. The fourth-order valence-corrected chi connectivity index (χ4v) is 2.96. The molecule has 1 amide bonds. The largest absolute Gasteiger partial charge is 0.398 e. The number of aliphatic hydroxyl groups is 1. The van der Waals surface area contributed by atoms with Crippen molar-refractivity contribution in [1.82, 2.24) is 4.90 Å². The van der Waals surface area contributed by atoms with Gasteiger partial charge in [0.1, 0.15) is 0 Å². The molecule has 19 heavy (non-hydrogen) atoms. The van der Waals surface area contributed by atoms with Gasteiger partial charge < -0.3 is 15.7 Å². The first-order chi connectivity index (χ1) is 9.13. The molecule has 2 rings (SSSR count). The molecular weight excluding hydrogens is 308 g/mol. The van der Waals surface area contributed by atoms with Crippen LogP contribution in [0.1, 0.15) is 36.0 Å². The van der Waals surface area contributed by atoms with Gasteiger partial charge in [0.2, 0.25) is 0 Å². The number of nitrogen functional groups attached to an aromatic ring is 1. The topological polar surface area (TPSA) is 66.6 Å². The van der Waals surface area contributed by atoms with Crippen LogP contribution in [0.5, 0.6) is 0 Å². The Balaban J connectivity index is 2.16. The summed E-state index contributed by atoms with van der Waals surface area (Å²) in [5.41, 5.74) is 6.97. The second kappa shape index (κ2) is 6.39. The number of carbonyl (C=O) groups excluding carboxylic acids is 1. The summed E-state index contributed by atoms with van der Waals surface area (Å²) in [6, 6.07) is 5.59. The molecule has 4 nitrogen and oxygen atoms in total. The van der Waals surface area contributed by atoms with Crippen LogP contribution in [0.15, 0.2) is 22.7 Å². The molecule has 0 aliphatic carbocycles. The number of likely N-dealkylation sites (tertiary alicyclic amines) is 1. The lowest BCUT2D eigenvalue weighted by Crippen LogP contribution is -2.36. The fraction of sp³-hybridized carbons (Fsp3) is 0.500. The third-order valence-corrected chi connectivity index (χ3v) is 4.07. The van der Waals surface area contributed by atoms with E-state index in [-0.39, 0.29) is 18.6 Å². The van der Waals surface area contributed by atoms with Crippen LogP contribution in [0.4, 0.5) is 5.69 Å². The lowest BCUT2D eigenvalue weighted by atomic mass is 10.1.